The van der Waals surface area contributed by atoms with Crippen molar-refractivity contribution in [2.75, 3.05) is 7.05 Å². The van der Waals surface area contributed by atoms with Gasteiger partial charge in [0.1, 0.15) is 0 Å². The number of nitrogens with one attached hydrogen (secondary N) is 1. The smallest absolute Gasteiger partial charge is 0.0118 e. The van der Waals surface area contributed by atoms with Crippen molar-refractivity contribution in [1.82, 2.24) is 5.32 Å². The Kier molecular flexibility index (Phi) is 4.07. The molecule has 0 saturated heterocycles. The molecule has 12 heavy (non-hydrogen) atoms. The van der Waals surface area contributed by atoms with E-state index in [0.29, 0.717) is 0 Å². The van der Waals surface area contributed by atoms with Gasteiger partial charge in [-0.3, -0.25) is 0 Å². The molecule has 0 aromatic rings. The minimum absolute atomic E-state index is 0.775. The van der Waals surface area contributed by atoms with E-state index in [1.807, 2.05) is 0 Å². The molecule has 1 rings (SSSR count). The zero-order chi connectivity index (χ0) is 8.97. The Bertz CT molecular complexity index is 116. The summed E-state index contributed by atoms with van der Waals surface area (Å²) in [6, 6.07) is 0.775. The molecule has 0 spiro atoms. The predicted molar refractivity (Wildman–Crippen MR) is 54.3 cm³/mol. The summed E-state index contributed by atoms with van der Waals surface area (Å²) < 4.78 is 0. The summed E-state index contributed by atoms with van der Waals surface area (Å²) in [5.41, 5.74) is 0. The van der Waals surface area contributed by atoms with Gasteiger partial charge < -0.3 is 5.32 Å². The van der Waals surface area contributed by atoms with Crippen molar-refractivity contribution in [3.05, 3.63) is 0 Å². The lowest BCUT2D eigenvalue weighted by atomic mass is 9.87. The summed E-state index contributed by atoms with van der Waals surface area (Å²) in [7, 11) is 2.12. The Morgan fingerprint density at radius 3 is 2.33 bits per heavy atom. The van der Waals surface area contributed by atoms with E-state index in [-0.39, 0.29) is 0 Å². The van der Waals surface area contributed by atoms with Crippen molar-refractivity contribution in [3.63, 3.8) is 0 Å². The van der Waals surface area contributed by atoms with Crippen LogP contribution in [0.5, 0.6) is 0 Å². The van der Waals surface area contributed by atoms with E-state index in [2.05, 4.69) is 26.2 Å². The molecule has 2 unspecified atom stereocenters. The predicted octanol–water partition coefficient (Wildman–Crippen LogP) is 2.81. The average molecular weight is 169 g/mol. The SMILES string of the molecule is CCC(C)C(NC)C1CCCC1. The van der Waals surface area contributed by atoms with Crippen LogP contribution in [0.3, 0.4) is 0 Å². The summed E-state index contributed by atoms with van der Waals surface area (Å²) in [5, 5.41) is 3.49. The molecule has 1 heteroatoms. The summed E-state index contributed by atoms with van der Waals surface area (Å²) in [6.45, 7) is 4.67. The molecule has 1 nitrogen and oxygen atoms in total. The van der Waals surface area contributed by atoms with Crippen molar-refractivity contribution < 1.29 is 0 Å². The van der Waals surface area contributed by atoms with E-state index in [1.165, 1.54) is 32.1 Å². The maximum Gasteiger partial charge on any atom is 0.0118 e. The van der Waals surface area contributed by atoms with E-state index < -0.39 is 0 Å². The normalized spacial score (nSPS) is 24.2. The third-order valence-corrected chi connectivity index (χ3v) is 3.50. The number of hydrogen-bond acceptors (Lipinski definition) is 1. The molecule has 72 valence electrons. The van der Waals surface area contributed by atoms with Crippen LogP contribution in [-0.2, 0) is 0 Å². The molecular formula is C11H23N. The zero-order valence-corrected chi connectivity index (χ0v) is 8.77. The first-order valence-corrected chi connectivity index (χ1v) is 5.46. The van der Waals surface area contributed by atoms with Crippen LogP contribution in [0.1, 0.15) is 46.0 Å². The minimum Gasteiger partial charge on any atom is -0.316 e. The molecule has 1 aliphatic carbocycles. The molecule has 0 radical (unpaired) electrons. The van der Waals surface area contributed by atoms with E-state index in [4.69, 9.17) is 0 Å². The van der Waals surface area contributed by atoms with Crippen LogP contribution in [0.4, 0.5) is 0 Å². The molecule has 1 fully saturated rings. The average Bonchev–Trinajstić information content (AvgIpc) is 2.58. The highest BCUT2D eigenvalue weighted by molar-refractivity contribution is 4.82. The van der Waals surface area contributed by atoms with Gasteiger partial charge in [-0.2, -0.15) is 0 Å². The summed E-state index contributed by atoms with van der Waals surface area (Å²) in [5.74, 6) is 1.81. The van der Waals surface area contributed by atoms with Crippen molar-refractivity contribution in [2.45, 2.75) is 52.0 Å². The lowest BCUT2D eigenvalue weighted by Gasteiger charge is -2.28. The van der Waals surface area contributed by atoms with E-state index >= 15 is 0 Å². The Hall–Kier alpha value is -0.0400. The molecule has 0 aliphatic heterocycles. The summed E-state index contributed by atoms with van der Waals surface area (Å²) in [4.78, 5) is 0. The Morgan fingerprint density at radius 1 is 1.33 bits per heavy atom. The topological polar surface area (TPSA) is 12.0 Å². The van der Waals surface area contributed by atoms with Crippen LogP contribution < -0.4 is 5.32 Å². The van der Waals surface area contributed by atoms with Gasteiger partial charge in [0.05, 0.1) is 0 Å². The molecule has 0 amide bonds. The Labute approximate surface area is 76.9 Å². The minimum atomic E-state index is 0.775. The molecular weight excluding hydrogens is 146 g/mol. The van der Waals surface area contributed by atoms with E-state index in [1.54, 1.807) is 0 Å². The van der Waals surface area contributed by atoms with Crippen LogP contribution in [0.25, 0.3) is 0 Å². The molecule has 0 aromatic heterocycles. The number of rotatable bonds is 4. The van der Waals surface area contributed by atoms with Crippen LogP contribution in [0.15, 0.2) is 0 Å². The molecule has 1 saturated carbocycles. The highest BCUT2D eigenvalue weighted by atomic mass is 14.9. The van der Waals surface area contributed by atoms with E-state index in [0.717, 1.165) is 17.9 Å². The quantitative estimate of drug-likeness (QED) is 0.682. The zero-order valence-electron chi connectivity index (χ0n) is 8.77. The second-order valence-electron chi connectivity index (χ2n) is 4.24. The summed E-state index contributed by atoms with van der Waals surface area (Å²) in [6.07, 6.45) is 7.13. The second kappa shape index (κ2) is 4.86. The molecule has 1 aliphatic rings. The third kappa shape index (κ3) is 2.22. The molecule has 1 N–H and O–H groups in total. The first-order chi connectivity index (χ1) is 5.79. The van der Waals surface area contributed by atoms with E-state index in [9.17, 15) is 0 Å². The van der Waals surface area contributed by atoms with Crippen LogP contribution in [-0.4, -0.2) is 13.1 Å². The lowest BCUT2D eigenvalue weighted by Crippen LogP contribution is -2.37. The lowest BCUT2D eigenvalue weighted by molar-refractivity contribution is 0.281. The first-order valence-electron chi connectivity index (χ1n) is 5.46. The Balaban J connectivity index is 2.42. The monoisotopic (exact) mass is 169 g/mol. The maximum atomic E-state index is 3.49. The van der Waals surface area contributed by atoms with Crippen molar-refractivity contribution in [1.29, 1.82) is 0 Å². The van der Waals surface area contributed by atoms with Gasteiger partial charge in [0, 0.05) is 6.04 Å². The van der Waals surface area contributed by atoms with Crippen molar-refractivity contribution >= 4 is 0 Å². The van der Waals surface area contributed by atoms with Gasteiger partial charge in [0.2, 0.25) is 0 Å². The fourth-order valence-corrected chi connectivity index (χ4v) is 2.56. The molecule has 2 atom stereocenters. The Morgan fingerprint density at radius 2 is 1.92 bits per heavy atom. The second-order valence-corrected chi connectivity index (χ2v) is 4.24. The fraction of sp³-hybridized carbons (Fsp3) is 1.00. The third-order valence-electron chi connectivity index (χ3n) is 3.50. The van der Waals surface area contributed by atoms with Crippen molar-refractivity contribution in [2.24, 2.45) is 11.8 Å². The van der Waals surface area contributed by atoms with Crippen LogP contribution in [0, 0.1) is 11.8 Å². The fourth-order valence-electron chi connectivity index (χ4n) is 2.56. The van der Waals surface area contributed by atoms with Crippen LogP contribution in [0.2, 0.25) is 0 Å². The molecule has 0 aromatic carbocycles. The molecule has 0 bridgehead atoms. The standard InChI is InChI=1S/C11H23N/c1-4-9(2)11(12-3)10-7-5-6-8-10/h9-12H,4-8H2,1-3H3. The van der Waals surface area contributed by atoms with Gasteiger partial charge in [-0.15, -0.1) is 0 Å². The van der Waals surface area contributed by atoms with Crippen molar-refractivity contribution in [3.8, 4) is 0 Å². The largest absolute Gasteiger partial charge is 0.316 e. The van der Waals surface area contributed by atoms with Gasteiger partial charge >= 0.3 is 0 Å². The molecule has 0 heterocycles. The van der Waals surface area contributed by atoms with Gasteiger partial charge in [-0.1, -0.05) is 33.1 Å². The van der Waals surface area contributed by atoms with Gasteiger partial charge in [-0.05, 0) is 31.7 Å². The van der Waals surface area contributed by atoms with Crippen LogP contribution >= 0.6 is 0 Å². The summed E-state index contributed by atoms with van der Waals surface area (Å²) >= 11 is 0. The number of hydrogen-bond donors (Lipinski definition) is 1. The highest BCUT2D eigenvalue weighted by Crippen LogP contribution is 2.31. The maximum absolute atomic E-state index is 3.49. The van der Waals surface area contributed by atoms with Gasteiger partial charge in [0.25, 0.3) is 0 Å². The highest BCUT2D eigenvalue weighted by Gasteiger charge is 2.26. The van der Waals surface area contributed by atoms with Gasteiger partial charge in [-0.25, -0.2) is 0 Å². The first kappa shape index (κ1) is 10.0. The van der Waals surface area contributed by atoms with Gasteiger partial charge in [0.15, 0.2) is 0 Å².